The third-order valence-electron chi connectivity index (χ3n) is 9.52. The zero-order valence-electron chi connectivity index (χ0n) is 27.5. The zero-order valence-corrected chi connectivity index (χ0v) is 27.5. The molecule has 0 saturated carbocycles. The quantitative estimate of drug-likeness (QED) is 0.179. The van der Waals surface area contributed by atoms with E-state index in [9.17, 15) is 0 Å². The van der Waals surface area contributed by atoms with Crippen molar-refractivity contribution in [2.24, 2.45) is 0 Å². The first-order valence-electron chi connectivity index (χ1n) is 17.1. The summed E-state index contributed by atoms with van der Waals surface area (Å²) in [4.78, 5) is 4.76. The van der Waals surface area contributed by atoms with Gasteiger partial charge in [-0.25, -0.2) is 0 Å². The van der Waals surface area contributed by atoms with Gasteiger partial charge < -0.3 is 9.80 Å². The molecule has 0 radical (unpaired) electrons. The van der Waals surface area contributed by atoms with E-state index in [-0.39, 0.29) is 0 Å². The molecule has 0 aromatic heterocycles. The third-order valence-corrected chi connectivity index (χ3v) is 9.52. The largest absolute Gasteiger partial charge is 0.306 e. The van der Waals surface area contributed by atoms with Crippen molar-refractivity contribution in [2.75, 3.05) is 9.80 Å². The molecule has 1 aliphatic heterocycles. The minimum Gasteiger partial charge on any atom is -0.306 e. The van der Waals surface area contributed by atoms with Gasteiger partial charge in [0.25, 0.3) is 0 Å². The molecule has 0 aliphatic carbocycles. The highest BCUT2D eigenvalue weighted by Gasteiger charge is 2.30. The molecule has 0 spiro atoms. The normalized spacial score (nSPS) is 11.9. The molecule has 8 aromatic carbocycles. The summed E-state index contributed by atoms with van der Waals surface area (Å²) in [6.07, 6.45) is 0. The molecule has 2 nitrogen and oxygen atoms in total. The van der Waals surface area contributed by atoms with Crippen molar-refractivity contribution in [1.82, 2.24) is 0 Å². The summed E-state index contributed by atoms with van der Waals surface area (Å²) in [6, 6.07) is 74.1. The molecular weight excluding hydrogens is 605 g/mol. The van der Waals surface area contributed by atoms with Gasteiger partial charge in [0.1, 0.15) is 0 Å². The second kappa shape index (κ2) is 12.8. The number of hydrogen-bond donors (Lipinski definition) is 0. The molecule has 0 atom stereocenters. The molecule has 0 amide bonds. The molecular formula is C48H34N2. The molecule has 1 aliphatic rings. The van der Waals surface area contributed by atoms with Crippen LogP contribution >= 0.6 is 0 Å². The highest BCUT2D eigenvalue weighted by atomic mass is 15.3. The van der Waals surface area contributed by atoms with Crippen LogP contribution < -0.4 is 9.80 Å². The first-order chi connectivity index (χ1) is 24.8. The number of hydrogen-bond acceptors (Lipinski definition) is 2. The standard InChI is InChI=1S/C48H34N2/c1-4-16-35(17-5-1)40-31-41(36-18-6-2-7-19-36)33-42(32-40)38-21-14-20-37(30-38)39-22-15-25-44(34-39)50-47-28-12-10-26-45(47)49(43-23-8-3-9-24-43)46-27-11-13-29-48(46)50/h1-34H. The minimum absolute atomic E-state index is 1.12. The number of fused-ring (bicyclic) bond motifs is 2. The van der Waals surface area contributed by atoms with Gasteiger partial charge in [-0.15, -0.1) is 0 Å². The second-order valence-electron chi connectivity index (χ2n) is 12.6. The van der Waals surface area contributed by atoms with E-state index < -0.39 is 0 Å². The van der Waals surface area contributed by atoms with Crippen LogP contribution in [0.5, 0.6) is 0 Å². The van der Waals surface area contributed by atoms with Crippen molar-refractivity contribution in [3.05, 3.63) is 206 Å². The molecule has 0 fully saturated rings. The fourth-order valence-corrected chi connectivity index (χ4v) is 7.17. The average Bonchev–Trinajstić information content (AvgIpc) is 3.21. The highest BCUT2D eigenvalue weighted by Crippen LogP contribution is 2.54. The van der Waals surface area contributed by atoms with Crippen LogP contribution in [-0.2, 0) is 0 Å². The summed E-state index contributed by atoms with van der Waals surface area (Å²) >= 11 is 0. The smallest absolute Gasteiger partial charge is 0.0703 e. The molecule has 0 bridgehead atoms. The maximum absolute atomic E-state index is 2.40. The van der Waals surface area contributed by atoms with Crippen LogP contribution in [0.2, 0.25) is 0 Å². The SMILES string of the molecule is c1ccc(-c2cc(-c3ccccc3)cc(-c3cccc(-c4cccc(N5c6ccccc6N(c6ccccc6)c6ccccc65)c4)c3)c2)cc1. The molecule has 0 saturated heterocycles. The van der Waals surface area contributed by atoms with Crippen LogP contribution in [0, 0.1) is 0 Å². The molecule has 0 N–H and O–H groups in total. The van der Waals surface area contributed by atoms with E-state index in [1.165, 1.54) is 44.5 Å². The lowest BCUT2D eigenvalue weighted by Crippen LogP contribution is -2.23. The van der Waals surface area contributed by atoms with Gasteiger partial charge in [-0.1, -0.05) is 133 Å². The lowest BCUT2D eigenvalue weighted by Gasteiger charge is -2.40. The average molecular weight is 639 g/mol. The van der Waals surface area contributed by atoms with Crippen LogP contribution in [0.1, 0.15) is 0 Å². The van der Waals surface area contributed by atoms with Gasteiger partial charge >= 0.3 is 0 Å². The summed E-state index contributed by atoms with van der Waals surface area (Å²) < 4.78 is 0. The fourth-order valence-electron chi connectivity index (χ4n) is 7.17. The maximum Gasteiger partial charge on any atom is 0.0703 e. The lowest BCUT2D eigenvalue weighted by molar-refractivity contribution is 1.17. The lowest BCUT2D eigenvalue weighted by atomic mass is 9.92. The van der Waals surface area contributed by atoms with E-state index >= 15 is 0 Å². The Morgan fingerprint density at radius 3 is 1.00 bits per heavy atom. The molecule has 8 aromatic rings. The van der Waals surface area contributed by atoms with Gasteiger partial charge in [-0.3, -0.25) is 0 Å². The molecule has 0 unspecified atom stereocenters. The van der Waals surface area contributed by atoms with Gasteiger partial charge in [-0.05, 0) is 117 Å². The van der Waals surface area contributed by atoms with Gasteiger partial charge in [-0.2, -0.15) is 0 Å². The van der Waals surface area contributed by atoms with Gasteiger partial charge in [0.05, 0.1) is 22.7 Å². The Labute approximate surface area is 293 Å². The van der Waals surface area contributed by atoms with Crippen LogP contribution in [0.3, 0.4) is 0 Å². The number of benzene rings is 8. The minimum atomic E-state index is 1.12. The summed E-state index contributed by atoms with van der Waals surface area (Å²) in [5.74, 6) is 0. The summed E-state index contributed by atoms with van der Waals surface area (Å²) in [5.41, 5.74) is 16.4. The van der Waals surface area contributed by atoms with E-state index in [0.29, 0.717) is 0 Å². The van der Waals surface area contributed by atoms with Crippen LogP contribution in [0.25, 0.3) is 44.5 Å². The number of para-hydroxylation sites is 5. The van der Waals surface area contributed by atoms with Gasteiger partial charge in [0.15, 0.2) is 0 Å². The molecule has 236 valence electrons. The van der Waals surface area contributed by atoms with E-state index in [4.69, 9.17) is 0 Å². The van der Waals surface area contributed by atoms with Crippen molar-refractivity contribution < 1.29 is 0 Å². The topological polar surface area (TPSA) is 6.48 Å². The Bertz CT molecular complexity index is 2330. The van der Waals surface area contributed by atoms with Crippen molar-refractivity contribution in [3.63, 3.8) is 0 Å². The molecule has 2 heteroatoms. The monoisotopic (exact) mass is 638 g/mol. The van der Waals surface area contributed by atoms with Crippen molar-refractivity contribution >= 4 is 34.1 Å². The summed E-state index contributed by atoms with van der Waals surface area (Å²) in [5, 5.41) is 0. The highest BCUT2D eigenvalue weighted by molar-refractivity contribution is 6.01. The number of rotatable bonds is 6. The van der Waals surface area contributed by atoms with Crippen molar-refractivity contribution in [1.29, 1.82) is 0 Å². The van der Waals surface area contributed by atoms with Crippen LogP contribution in [0.15, 0.2) is 206 Å². The Kier molecular flexibility index (Phi) is 7.53. The molecule has 1 heterocycles. The van der Waals surface area contributed by atoms with Crippen LogP contribution in [0.4, 0.5) is 34.1 Å². The third kappa shape index (κ3) is 5.43. The predicted molar refractivity (Wildman–Crippen MR) is 211 cm³/mol. The van der Waals surface area contributed by atoms with E-state index in [0.717, 1.165) is 34.1 Å². The Morgan fingerprint density at radius 1 is 0.200 bits per heavy atom. The Balaban J connectivity index is 1.14. The second-order valence-corrected chi connectivity index (χ2v) is 12.6. The molecule has 50 heavy (non-hydrogen) atoms. The number of nitrogens with zero attached hydrogens (tertiary/aromatic N) is 2. The zero-order chi connectivity index (χ0) is 33.3. The van der Waals surface area contributed by atoms with Crippen molar-refractivity contribution in [2.45, 2.75) is 0 Å². The van der Waals surface area contributed by atoms with E-state index in [1.807, 2.05) is 0 Å². The van der Waals surface area contributed by atoms with Crippen LogP contribution in [-0.4, -0.2) is 0 Å². The number of anilines is 6. The van der Waals surface area contributed by atoms with Gasteiger partial charge in [0, 0.05) is 11.4 Å². The van der Waals surface area contributed by atoms with E-state index in [2.05, 4.69) is 216 Å². The Hall–Kier alpha value is -6.64. The fraction of sp³-hybridized carbons (Fsp3) is 0. The predicted octanol–water partition coefficient (Wildman–Crippen LogP) is 13.6. The van der Waals surface area contributed by atoms with E-state index in [1.54, 1.807) is 0 Å². The first kappa shape index (κ1) is 29.5. The maximum atomic E-state index is 2.40. The molecule has 9 rings (SSSR count). The Morgan fingerprint density at radius 2 is 0.500 bits per heavy atom. The van der Waals surface area contributed by atoms with Gasteiger partial charge in [0.2, 0.25) is 0 Å². The van der Waals surface area contributed by atoms with Crippen molar-refractivity contribution in [3.8, 4) is 44.5 Å². The summed E-state index contributed by atoms with van der Waals surface area (Å²) in [6.45, 7) is 0. The first-order valence-corrected chi connectivity index (χ1v) is 17.1. The summed E-state index contributed by atoms with van der Waals surface area (Å²) in [7, 11) is 0.